The number of aliphatic carboxylic acids is 1. The van der Waals surface area contributed by atoms with Crippen LogP contribution in [0.4, 0.5) is 0 Å². The Kier molecular flexibility index (Phi) is 3.33. The van der Waals surface area contributed by atoms with Gasteiger partial charge in [-0.3, -0.25) is 14.2 Å². The molecule has 0 aromatic carbocycles. The lowest BCUT2D eigenvalue weighted by atomic mass is 9.86. The van der Waals surface area contributed by atoms with E-state index < -0.39 is 11.9 Å². The van der Waals surface area contributed by atoms with Gasteiger partial charge in [-0.25, -0.2) is 4.98 Å². The number of carboxylic acid groups (broad SMARTS) is 1. The van der Waals surface area contributed by atoms with Crippen molar-refractivity contribution in [2.75, 3.05) is 0 Å². The molecular weight excluding hydrogens is 276 g/mol. The first-order chi connectivity index (χ1) is 9.63. The lowest BCUT2D eigenvalue weighted by molar-refractivity contribution is -0.139. The number of aromatic nitrogens is 2. The fraction of sp³-hybridized carbons (Fsp3) is 0.500. The van der Waals surface area contributed by atoms with Crippen molar-refractivity contribution in [2.45, 2.75) is 45.1 Å². The van der Waals surface area contributed by atoms with Gasteiger partial charge in [-0.1, -0.05) is 6.92 Å². The summed E-state index contributed by atoms with van der Waals surface area (Å²) in [5.41, 5.74) is 0.634. The highest BCUT2D eigenvalue weighted by molar-refractivity contribution is 7.18. The summed E-state index contributed by atoms with van der Waals surface area (Å²) in [5, 5.41) is 9.94. The zero-order valence-electron chi connectivity index (χ0n) is 11.3. The normalized spacial score (nSPS) is 18.1. The zero-order valence-corrected chi connectivity index (χ0v) is 12.1. The lowest BCUT2D eigenvalue weighted by Crippen LogP contribution is -2.23. The van der Waals surface area contributed by atoms with Gasteiger partial charge in [0.1, 0.15) is 4.83 Å². The number of carboxylic acids is 1. The number of hydrogen-bond acceptors (Lipinski definition) is 4. The van der Waals surface area contributed by atoms with E-state index in [1.165, 1.54) is 11.3 Å². The van der Waals surface area contributed by atoms with Gasteiger partial charge in [0.05, 0.1) is 17.6 Å². The van der Waals surface area contributed by atoms with E-state index in [-0.39, 0.29) is 5.56 Å². The van der Waals surface area contributed by atoms with Gasteiger partial charge < -0.3 is 5.11 Å². The molecule has 0 saturated carbocycles. The maximum atomic E-state index is 12.6. The van der Waals surface area contributed by atoms with E-state index in [0.29, 0.717) is 23.2 Å². The molecule has 106 valence electrons. The fourth-order valence-electron chi connectivity index (χ4n) is 2.91. The number of aryl methyl sites for hydroxylation is 2. The average molecular weight is 292 g/mol. The van der Waals surface area contributed by atoms with E-state index in [4.69, 9.17) is 0 Å². The van der Waals surface area contributed by atoms with Crippen molar-refractivity contribution in [3.05, 3.63) is 27.1 Å². The molecule has 0 radical (unpaired) electrons. The summed E-state index contributed by atoms with van der Waals surface area (Å²) >= 11 is 1.47. The Hall–Kier alpha value is -1.69. The van der Waals surface area contributed by atoms with Crippen molar-refractivity contribution in [1.82, 2.24) is 9.55 Å². The molecule has 0 spiro atoms. The first kappa shape index (κ1) is 13.3. The first-order valence-corrected chi connectivity index (χ1v) is 7.68. The van der Waals surface area contributed by atoms with E-state index in [9.17, 15) is 14.7 Å². The topological polar surface area (TPSA) is 72.2 Å². The van der Waals surface area contributed by atoms with Crippen LogP contribution in [0, 0.1) is 0 Å². The van der Waals surface area contributed by atoms with Crippen LogP contribution in [0.1, 0.15) is 42.5 Å². The van der Waals surface area contributed by atoms with Crippen molar-refractivity contribution in [2.24, 2.45) is 0 Å². The van der Waals surface area contributed by atoms with Gasteiger partial charge >= 0.3 is 5.97 Å². The lowest BCUT2D eigenvalue weighted by Gasteiger charge is -2.18. The van der Waals surface area contributed by atoms with Crippen molar-refractivity contribution in [3.63, 3.8) is 0 Å². The summed E-state index contributed by atoms with van der Waals surface area (Å²) in [6, 6.07) is 0. The summed E-state index contributed by atoms with van der Waals surface area (Å²) in [5.74, 6) is -1.39. The van der Waals surface area contributed by atoms with Crippen molar-refractivity contribution in [3.8, 4) is 0 Å². The average Bonchev–Trinajstić information content (AvgIpc) is 2.80. The molecule has 0 fully saturated rings. The van der Waals surface area contributed by atoms with Gasteiger partial charge in [0.2, 0.25) is 0 Å². The Morgan fingerprint density at radius 3 is 3.10 bits per heavy atom. The van der Waals surface area contributed by atoms with Crippen molar-refractivity contribution < 1.29 is 9.90 Å². The number of hydrogen-bond donors (Lipinski definition) is 1. The van der Waals surface area contributed by atoms with Crippen LogP contribution in [0.3, 0.4) is 0 Å². The Balaban J connectivity index is 2.29. The largest absolute Gasteiger partial charge is 0.481 e. The van der Waals surface area contributed by atoms with Crippen LogP contribution in [-0.2, 0) is 17.8 Å². The molecule has 1 N–H and O–H groups in total. The van der Waals surface area contributed by atoms with Gasteiger partial charge in [0.15, 0.2) is 0 Å². The molecule has 2 heterocycles. The first-order valence-electron chi connectivity index (χ1n) is 6.87. The van der Waals surface area contributed by atoms with Crippen molar-refractivity contribution in [1.29, 1.82) is 0 Å². The van der Waals surface area contributed by atoms with Gasteiger partial charge in [-0.2, -0.15) is 0 Å². The second-order valence-corrected chi connectivity index (χ2v) is 6.23. The van der Waals surface area contributed by atoms with Crippen LogP contribution >= 0.6 is 11.3 Å². The predicted molar refractivity (Wildman–Crippen MR) is 77.5 cm³/mol. The monoisotopic (exact) mass is 292 g/mol. The Bertz CT molecular complexity index is 732. The summed E-state index contributed by atoms with van der Waals surface area (Å²) in [6.07, 6.45) is 4.75. The van der Waals surface area contributed by atoms with E-state index >= 15 is 0 Å². The molecule has 1 atom stereocenters. The summed E-state index contributed by atoms with van der Waals surface area (Å²) in [6.45, 7) is 2.61. The molecule has 0 saturated heterocycles. The standard InChI is InChI=1S/C14H16N2O3S/c1-2-6-16-7-15-12-11(13(16)17)10-8(14(18)19)4-3-5-9(10)20-12/h7-8H,2-6H2,1H3,(H,18,19). The minimum absolute atomic E-state index is 0.0949. The molecular formula is C14H16N2O3S. The zero-order chi connectivity index (χ0) is 14.3. The third-order valence-electron chi connectivity index (χ3n) is 3.80. The van der Waals surface area contributed by atoms with Gasteiger partial charge in [-0.15, -0.1) is 11.3 Å². The van der Waals surface area contributed by atoms with Crippen LogP contribution in [0.25, 0.3) is 10.2 Å². The molecule has 6 heteroatoms. The van der Waals surface area contributed by atoms with Gasteiger partial charge in [0, 0.05) is 11.4 Å². The molecule has 0 aliphatic heterocycles. The molecule has 1 aliphatic carbocycles. The van der Waals surface area contributed by atoms with Gasteiger partial charge in [-0.05, 0) is 31.2 Å². The summed E-state index contributed by atoms with van der Waals surface area (Å²) < 4.78 is 1.59. The van der Waals surface area contributed by atoms with E-state index in [1.807, 2.05) is 6.92 Å². The highest BCUT2D eigenvalue weighted by atomic mass is 32.1. The maximum absolute atomic E-state index is 12.6. The summed E-state index contributed by atoms with van der Waals surface area (Å²) in [4.78, 5) is 30.1. The van der Waals surface area contributed by atoms with Crippen LogP contribution in [0.5, 0.6) is 0 Å². The van der Waals surface area contributed by atoms with E-state index in [1.54, 1.807) is 10.9 Å². The molecule has 0 amide bonds. The molecule has 1 aliphatic rings. The van der Waals surface area contributed by atoms with Gasteiger partial charge in [0.25, 0.3) is 5.56 Å². The minimum atomic E-state index is -0.837. The number of carbonyl (C=O) groups is 1. The molecule has 1 unspecified atom stereocenters. The highest BCUT2D eigenvalue weighted by Gasteiger charge is 2.31. The molecule has 2 aromatic heterocycles. The number of thiophene rings is 1. The predicted octanol–water partition coefficient (Wildman–Crippen LogP) is 2.37. The van der Waals surface area contributed by atoms with E-state index in [0.717, 1.165) is 29.7 Å². The third kappa shape index (κ3) is 1.95. The minimum Gasteiger partial charge on any atom is -0.481 e. The SMILES string of the molecule is CCCn1cnc2sc3c(c2c1=O)C(C(=O)O)CCC3. The van der Waals surface area contributed by atoms with Crippen LogP contribution in [-0.4, -0.2) is 20.6 Å². The molecule has 5 nitrogen and oxygen atoms in total. The fourth-order valence-corrected chi connectivity index (χ4v) is 4.14. The Labute approximate surface area is 119 Å². The molecule has 2 aromatic rings. The van der Waals surface area contributed by atoms with Crippen LogP contribution in [0.2, 0.25) is 0 Å². The van der Waals surface area contributed by atoms with Crippen molar-refractivity contribution >= 4 is 27.5 Å². The highest BCUT2D eigenvalue weighted by Crippen LogP contribution is 2.40. The summed E-state index contributed by atoms with van der Waals surface area (Å²) in [7, 11) is 0. The second-order valence-electron chi connectivity index (χ2n) is 5.15. The molecule has 20 heavy (non-hydrogen) atoms. The number of rotatable bonds is 3. The smallest absolute Gasteiger partial charge is 0.311 e. The van der Waals surface area contributed by atoms with Crippen LogP contribution < -0.4 is 5.56 Å². The molecule has 0 bridgehead atoms. The molecule has 3 rings (SSSR count). The van der Waals surface area contributed by atoms with E-state index in [2.05, 4.69) is 4.98 Å². The second kappa shape index (κ2) is 5.01. The maximum Gasteiger partial charge on any atom is 0.311 e. The Morgan fingerprint density at radius 2 is 2.40 bits per heavy atom. The third-order valence-corrected chi connectivity index (χ3v) is 4.97. The van der Waals surface area contributed by atoms with Crippen LogP contribution in [0.15, 0.2) is 11.1 Å². The number of nitrogens with zero attached hydrogens (tertiary/aromatic N) is 2. The Morgan fingerprint density at radius 1 is 1.60 bits per heavy atom. The number of fused-ring (bicyclic) bond motifs is 3. The quantitative estimate of drug-likeness (QED) is 0.942.